The van der Waals surface area contributed by atoms with Crippen molar-refractivity contribution in [2.75, 3.05) is 32.8 Å². The van der Waals surface area contributed by atoms with E-state index in [0.717, 1.165) is 3.57 Å². The SMILES string of the molecule is CCOc1cc(/C=N/NC(=O)c2ccc(I)c(OC)c2)ccc1OCC(=O)Nc1ccccc1OC. The average Bonchev–Trinajstić information content (AvgIpc) is 2.89. The highest BCUT2D eigenvalue weighted by Crippen LogP contribution is 2.28. The number of carbonyl (C=O) groups excluding carboxylic acids is 2. The molecule has 188 valence electrons. The molecule has 36 heavy (non-hydrogen) atoms. The third-order valence-corrected chi connectivity index (χ3v) is 5.69. The highest BCUT2D eigenvalue weighted by atomic mass is 127. The molecule has 0 spiro atoms. The Morgan fingerprint density at radius 1 is 0.917 bits per heavy atom. The summed E-state index contributed by atoms with van der Waals surface area (Å²) in [6.07, 6.45) is 1.49. The number of amides is 2. The number of nitrogens with zero attached hydrogens (tertiary/aromatic N) is 1. The van der Waals surface area contributed by atoms with Gasteiger partial charge in [0.25, 0.3) is 11.8 Å². The number of nitrogens with one attached hydrogen (secondary N) is 2. The van der Waals surface area contributed by atoms with Gasteiger partial charge in [0.15, 0.2) is 18.1 Å². The molecule has 0 unspecified atom stereocenters. The van der Waals surface area contributed by atoms with Gasteiger partial charge in [0.05, 0.1) is 36.3 Å². The molecule has 0 aliphatic carbocycles. The summed E-state index contributed by atoms with van der Waals surface area (Å²) in [4.78, 5) is 24.8. The summed E-state index contributed by atoms with van der Waals surface area (Å²) >= 11 is 2.13. The number of hydrazone groups is 1. The standard InChI is InChI=1S/C26H26IN3O6/c1-4-35-24-13-17(15-28-30-26(32)18-10-11-19(27)23(14-18)34-3)9-12-22(24)36-16-25(31)29-20-7-5-6-8-21(20)33-2/h5-15H,4,16H2,1-3H3,(H,29,31)(H,30,32)/b28-15+. The first kappa shape index (κ1) is 26.8. The summed E-state index contributed by atoms with van der Waals surface area (Å²) in [7, 11) is 3.08. The quantitative estimate of drug-likeness (QED) is 0.190. The third-order valence-electron chi connectivity index (χ3n) is 4.80. The second-order valence-corrected chi connectivity index (χ2v) is 8.39. The molecule has 0 radical (unpaired) electrons. The van der Waals surface area contributed by atoms with Gasteiger partial charge in [-0.05, 0) is 83.6 Å². The van der Waals surface area contributed by atoms with Crippen molar-refractivity contribution in [2.45, 2.75) is 6.92 Å². The van der Waals surface area contributed by atoms with E-state index in [2.05, 4.69) is 38.4 Å². The summed E-state index contributed by atoms with van der Waals surface area (Å²) in [6, 6.07) is 17.4. The van der Waals surface area contributed by atoms with Gasteiger partial charge in [-0.25, -0.2) is 5.43 Å². The Morgan fingerprint density at radius 3 is 2.44 bits per heavy atom. The molecular formula is C26H26IN3O6. The van der Waals surface area contributed by atoms with Gasteiger partial charge in [0, 0.05) is 5.56 Å². The molecule has 0 aliphatic heterocycles. The molecular weight excluding hydrogens is 577 g/mol. The molecule has 3 aromatic rings. The first-order valence-electron chi connectivity index (χ1n) is 10.9. The maximum absolute atomic E-state index is 12.4. The fourth-order valence-corrected chi connectivity index (χ4v) is 3.66. The van der Waals surface area contributed by atoms with Crippen LogP contribution in [-0.4, -0.2) is 45.5 Å². The number of hydrogen-bond donors (Lipinski definition) is 2. The van der Waals surface area contributed by atoms with Crippen molar-refractivity contribution in [1.29, 1.82) is 0 Å². The summed E-state index contributed by atoms with van der Waals surface area (Å²) in [5, 5.41) is 6.78. The monoisotopic (exact) mass is 603 g/mol. The van der Waals surface area contributed by atoms with E-state index >= 15 is 0 Å². The second-order valence-electron chi connectivity index (χ2n) is 7.22. The second kappa shape index (κ2) is 13.3. The van der Waals surface area contributed by atoms with E-state index in [0.29, 0.717) is 46.4 Å². The molecule has 0 atom stereocenters. The predicted molar refractivity (Wildman–Crippen MR) is 146 cm³/mol. The van der Waals surface area contributed by atoms with Gasteiger partial charge in [-0.1, -0.05) is 12.1 Å². The molecule has 10 heteroatoms. The van der Waals surface area contributed by atoms with E-state index in [4.69, 9.17) is 18.9 Å². The van der Waals surface area contributed by atoms with Crippen molar-refractivity contribution in [2.24, 2.45) is 5.10 Å². The lowest BCUT2D eigenvalue weighted by atomic mass is 10.2. The van der Waals surface area contributed by atoms with Crippen LogP contribution in [0.5, 0.6) is 23.0 Å². The number of hydrogen-bond acceptors (Lipinski definition) is 7. The fraction of sp³-hybridized carbons (Fsp3) is 0.192. The number of methoxy groups -OCH3 is 2. The minimum absolute atomic E-state index is 0.221. The van der Waals surface area contributed by atoms with Crippen LogP contribution in [0.1, 0.15) is 22.8 Å². The number of para-hydroxylation sites is 2. The van der Waals surface area contributed by atoms with Crippen LogP contribution in [0.3, 0.4) is 0 Å². The van der Waals surface area contributed by atoms with Crippen LogP contribution in [0.15, 0.2) is 65.8 Å². The van der Waals surface area contributed by atoms with Crippen LogP contribution in [0.25, 0.3) is 0 Å². The van der Waals surface area contributed by atoms with Crippen LogP contribution < -0.4 is 29.7 Å². The molecule has 0 aromatic heterocycles. The van der Waals surface area contributed by atoms with Crippen LogP contribution in [-0.2, 0) is 4.79 Å². The van der Waals surface area contributed by atoms with Gasteiger partial charge in [0.1, 0.15) is 11.5 Å². The maximum Gasteiger partial charge on any atom is 0.271 e. The zero-order valence-electron chi connectivity index (χ0n) is 20.0. The lowest BCUT2D eigenvalue weighted by molar-refractivity contribution is -0.118. The number of carbonyl (C=O) groups is 2. The van der Waals surface area contributed by atoms with E-state index < -0.39 is 0 Å². The van der Waals surface area contributed by atoms with Gasteiger partial charge in [-0.2, -0.15) is 5.10 Å². The Morgan fingerprint density at radius 2 is 1.69 bits per heavy atom. The molecule has 0 saturated heterocycles. The normalized spacial score (nSPS) is 10.6. The van der Waals surface area contributed by atoms with E-state index in [-0.39, 0.29) is 18.4 Å². The first-order valence-corrected chi connectivity index (χ1v) is 12.0. The lowest BCUT2D eigenvalue weighted by Gasteiger charge is -2.13. The zero-order chi connectivity index (χ0) is 25.9. The largest absolute Gasteiger partial charge is 0.496 e. The van der Waals surface area contributed by atoms with Gasteiger partial charge in [-0.15, -0.1) is 0 Å². The van der Waals surface area contributed by atoms with E-state index in [1.807, 2.05) is 13.0 Å². The Hall–Kier alpha value is -3.80. The first-order chi connectivity index (χ1) is 17.4. The Bertz CT molecular complexity index is 1250. The summed E-state index contributed by atoms with van der Waals surface area (Å²) in [5.41, 5.74) is 4.14. The van der Waals surface area contributed by atoms with Crippen LogP contribution in [0.2, 0.25) is 0 Å². The average molecular weight is 603 g/mol. The minimum Gasteiger partial charge on any atom is -0.496 e. The van der Waals surface area contributed by atoms with Crippen molar-refractivity contribution < 1.29 is 28.5 Å². The topological polar surface area (TPSA) is 107 Å². The summed E-state index contributed by atoms with van der Waals surface area (Å²) in [5.74, 6) is 1.30. The Labute approximate surface area is 222 Å². The van der Waals surface area contributed by atoms with Crippen LogP contribution >= 0.6 is 22.6 Å². The molecule has 0 fully saturated rings. The molecule has 3 aromatic carbocycles. The molecule has 2 amide bonds. The van der Waals surface area contributed by atoms with Crippen LogP contribution in [0, 0.1) is 3.57 Å². The maximum atomic E-state index is 12.4. The number of benzene rings is 3. The number of rotatable bonds is 11. The van der Waals surface area contributed by atoms with Gasteiger partial charge in [-0.3, -0.25) is 9.59 Å². The number of ether oxygens (including phenoxy) is 4. The van der Waals surface area contributed by atoms with E-state index in [9.17, 15) is 9.59 Å². The molecule has 0 aliphatic rings. The van der Waals surface area contributed by atoms with E-state index in [1.165, 1.54) is 13.3 Å². The molecule has 0 bridgehead atoms. The summed E-state index contributed by atoms with van der Waals surface area (Å²) in [6.45, 7) is 2.02. The molecule has 3 rings (SSSR count). The van der Waals surface area contributed by atoms with Crippen molar-refractivity contribution in [3.8, 4) is 23.0 Å². The van der Waals surface area contributed by atoms with Gasteiger partial charge < -0.3 is 24.3 Å². The Kier molecular flexibility index (Phi) is 9.92. The number of halogens is 1. The lowest BCUT2D eigenvalue weighted by Crippen LogP contribution is -2.20. The summed E-state index contributed by atoms with van der Waals surface area (Å²) < 4.78 is 22.7. The van der Waals surface area contributed by atoms with Gasteiger partial charge >= 0.3 is 0 Å². The molecule has 0 heterocycles. The minimum atomic E-state index is -0.369. The third kappa shape index (κ3) is 7.35. The highest BCUT2D eigenvalue weighted by Gasteiger charge is 2.12. The van der Waals surface area contributed by atoms with Crippen molar-refractivity contribution >= 4 is 46.3 Å². The zero-order valence-corrected chi connectivity index (χ0v) is 22.2. The van der Waals surface area contributed by atoms with E-state index in [1.54, 1.807) is 61.7 Å². The highest BCUT2D eigenvalue weighted by molar-refractivity contribution is 14.1. The van der Waals surface area contributed by atoms with Crippen molar-refractivity contribution in [1.82, 2.24) is 5.43 Å². The fourth-order valence-electron chi connectivity index (χ4n) is 3.10. The molecule has 9 nitrogen and oxygen atoms in total. The van der Waals surface area contributed by atoms with Crippen LogP contribution in [0.4, 0.5) is 5.69 Å². The van der Waals surface area contributed by atoms with Crippen molar-refractivity contribution in [3.05, 3.63) is 75.4 Å². The smallest absolute Gasteiger partial charge is 0.271 e. The molecule has 0 saturated carbocycles. The molecule has 2 N–H and O–H groups in total. The Balaban J connectivity index is 1.62. The number of anilines is 1. The predicted octanol–water partition coefficient (Wildman–Crippen LogP) is 4.49. The van der Waals surface area contributed by atoms with Crippen molar-refractivity contribution in [3.63, 3.8) is 0 Å². The van der Waals surface area contributed by atoms with Gasteiger partial charge in [0.2, 0.25) is 0 Å².